The second-order valence-corrected chi connectivity index (χ2v) is 28.7. The van der Waals surface area contributed by atoms with Crippen LogP contribution >= 0.6 is 0 Å². The monoisotopic (exact) mass is 1330 g/mol. The Labute approximate surface area is 589 Å². The highest BCUT2D eigenvalue weighted by Gasteiger charge is 2.22. The number of likely N-dealkylation sites (N-methyl/N-ethyl adjacent to an activating group) is 1. The SMILES string of the molecule is CC/C=C\C/C=C\C/C=C\C/C=C\C/C=C\C/C=C\CCCCCCCCCCCCCCCCC(=O)OC(COC(=O)CCCCCCCCCCCCCCCCCCCCCCCCCCC/C=C\CCCCCCCCCC)COC(OCC[N+](C)(C)C)C(=O)[O-]. The van der Waals surface area contributed by atoms with Crippen molar-refractivity contribution >= 4 is 17.9 Å². The number of esters is 2. The van der Waals surface area contributed by atoms with Crippen LogP contribution in [0.1, 0.15) is 386 Å². The molecule has 0 fully saturated rings. The molecular formula is C86H155NO8. The van der Waals surface area contributed by atoms with Crippen LogP contribution in [-0.2, 0) is 33.3 Å². The molecule has 0 aliphatic carbocycles. The molecule has 0 N–H and O–H groups in total. The summed E-state index contributed by atoms with van der Waals surface area (Å²) in [6, 6.07) is 0. The second kappa shape index (κ2) is 76.2. The number of unbranched alkanes of at least 4 members (excludes halogenated alkanes) is 47. The third-order valence-corrected chi connectivity index (χ3v) is 18.1. The van der Waals surface area contributed by atoms with Crippen LogP contribution in [0.25, 0.3) is 0 Å². The zero-order valence-corrected chi connectivity index (χ0v) is 63.3. The van der Waals surface area contributed by atoms with Crippen molar-refractivity contribution in [2.45, 2.75) is 399 Å². The number of hydrogen-bond donors (Lipinski definition) is 0. The highest BCUT2D eigenvalue weighted by Crippen LogP contribution is 2.19. The smallest absolute Gasteiger partial charge is 0.306 e. The van der Waals surface area contributed by atoms with Gasteiger partial charge in [0.2, 0.25) is 0 Å². The Kier molecular flexibility index (Phi) is 73.4. The van der Waals surface area contributed by atoms with E-state index in [1.165, 1.54) is 276 Å². The summed E-state index contributed by atoms with van der Waals surface area (Å²) in [6.45, 7) is 4.69. The van der Waals surface area contributed by atoms with Crippen molar-refractivity contribution in [3.8, 4) is 0 Å². The zero-order chi connectivity index (χ0) is 69.0. The second-order valence-electron chi connectivity index (χ2n) is 28.7. The molecule has 9 nitrogen and oxygen atoms in total. The molecule has 0 aliphatic rings. The van der Waals surface area contributed by atoms with Gasteiger partial charge in [-0.15, -0.1) is 0 Å². The predicted molar refractivity (Wildman–Crippen MR) is 408 cm³/mol. The van der Waals surface area contributed by atoms with Crippen LogP contribution in [-0.4, -0.2) is 82.3 Å². The Morgan fingerprint density at radius 1 is 0.326 bits per heavy atom. The summed E-state index contributed by atoms with van der Waals surface area (Å²) in [5.41, 5.74) is 0. The van der Waals surface area contributed by atoms with E-state index in [-0.39, 0.29) is 32.2 Å². The lowest BCUT2D eigenvalue weighted by atomic mass is 10.0. The number of carboxylic acids is 1. The molecule has 0 saturated heterocycles. The van der Waals surface area contributed by atoms with Gasteiger partial charge < -0.3 is 33.3 Å². The maximum absolute atomic E-state index is 13.0. The summed E-state index contributed by atoms with van der Waals surface area (Å²) < 4.78 is 22.9. The van der Waals surface area contributed by atoms with E-state index in [1.54, 1.807) is 0 Å². The number of carbonyl (C=O) groups excluding carboxylic acids is 3. The standard InChI is InChI=1S/C86H155NO8/c1-6-8-10-12-14-16-18-20-22-24-26-28-30-32-34-36-38-40-41-42-43-45-46-48-50-52-54-56-58-60-62-64-66-68-70-72-74-76-83(88)93-80-82(81-94-86(85(90)91)92-79-78-87(3,4)5)95-84(89)77-75-73-71-69-67-65-63-61-59-57-55-53-51-49-47-44-39-37-35-33-31-29-27-25-23-21-19-17-15-13-11-9-7-2/h9,11,15,17,21,23-24,26-27,29,33,35,39,44,82,86H,6-8,10,12-14,16,18-20,22,25,28,30-32,34,36-38,40-43,45-81H2,1-5H3/b11-9-,17-15-,23-21-,26-24-,29-27-,35-33-,44-39-. The largest absolute Gasteiger partial charge is 0.545 e. The lowest BCUT2D eigenvalue weighted by molar-refractivity contribution is -0.870. The number of rotatable bonds is 76. The molecule has 0 aromatic rings. The number of ether oxygens (including phenoxy) is 4. The topological polar surface area (TPSA) is 111 Å². The van der Waals surface area contributed by atoms with E-state index in [0.717, 1.165) is 77.0 Å². The van der Waals surface area contributed by atoms with Gasteiger partial charge in [0.15, 0.2) is 12.4 Å². The summed E-state index contributed by atoms with van der Waals surface area (Å²) in [4.78, 5) is 37.6. The Morgan fingerprint density at radius 3 is 0.905 bits per heavy atom. The van der Waals surface area contributed by atoms with Gasteiger partial charge in [0, 0.05) is 12.8 Å². The molecule has 9 heteroatoms. The van der Waals surface area contributed by atoms with Crippen molar-refractivity contribution in [3.05, 3.63) is 85.1 Å². The molecular weight excluding hydrogens is 1170 g/mol. The van der Waals surface area contributed by atoms with Crippen molar-refractivity contribution in [2.75, 3.05) is 47.5 Å². The quantitative estimate of drug-likeness (QED) is 0.0195. The van der Waals surface area contributed by atoms with E-state index < -0.39 is 24.3 Å². The van der Waals surface area contributed by atoms with E-state index >= 15 is 0 Å². The maximum atomic E-state index is 13.0. The normalized spacial score (nSPS) is 13.1. The van der Waals surface area contributed by atoms with Crippen LogP contribution in [0, 0.1) is 0 Å². The van der Waals surface area contributed by atoms with Gasteiger partial charge in [0.05, 0.1) is 40.3 Å². The van der Waals surface area contributed by atoms with Crippen LogP contribution in [0.5, 0.6) is 0 Å². The molecule has 0 saturated carbocycles. The summed E-state index contributed by atoms with van der Waals surface area (Å²) in [7, 11) is 5.95. The fourth-order valence-corrected chi connectivity index (χ4v) is 12.0. The minimum absolute atomic E-state index is 0.147. The Bertz CT molecular complexity index is 1840. The maximum Gasteiger partial charge on any atom is 0.306 e. The molecule has 2 unspecified atom stereocenters. The highest BCUT2D eigenvalue weighted by molar-refractivity contribution is 5.70. The van der Waals surface area contributed by atoms with Crippen LogP contribution < -0.4 is 5.11 Å². The number of nitrogens with zero attached hydrogens (tertiary/aromatic N) is 1. The minimum Gasteiger partial charge on any atom is -0.545 e. The first-order valence-electron chi connectivity index (χ1n) is 40.7. The highest BCUT2D eigenvalue weighted by atomic mass is 16.7. The number of hydrogen-bond acceptors (Lipinski definition) is 8. The molecule has 0 radical (unpaired) electrons. The molecule has 0 aromatic carbocycles. The fraction of sp³-hybridized carbons (Fsp3) is 0.802. The Morgan fingerprint density at radius 2 is 0.600 bits per heavy atom. The minimum atomic E-state index is -1.62. The van der Waals surface area contributed by atoms with Crippen molar-refractivity contribution in [3.63, 3.8) is 0 Å². The van der Waals surface area contributed by atoms with Crippen LogP contribution in [0.15, 0.2) is 85.1 Å². The van der Waals surface area contributed by atoms with Gasteiger partial charge in [-0.3, -0.25) is 9.59 Å². The molecule has 2 atom stereocenters. The first-order valence-corrected chi connectivity index (χ1v) is 40.7. The molecule has 95 heavy (non-hydrogen) atoms. The van der Waals surface area contributed by atoms with Crippen molar-refractivity contribution in [1.82, 2.24) is 0 Å². The zero-order valence-electron chi connectivity index (χ0n) is 63.3. The molecule has 0 amide bonds. The number of carboxylic acid groups (broad SMARTS) is 1. The lowest BCUT2D eigenvalue weighted by Crippen LogP contribution is -2.44. The van der Waals surface area contributed by atoms with Crippen molar-refractivity contribution < 1.29 is 42.9 Å². The third kappa shape index (κ3) is 77.7. The van der Waals surface area contributed by atoms with Crippen LogP contribution in [0.2, 0.25) is 0 Å². The van der Waals surface area contributed by atoms with Gasteiger partial charge in [-0.05, 0) is 89.9 Å². The van der Waals surface area contributed by atoms with Crippen LogP contribution in [0.3, 0.4) is 0 Å². The lowest BCUT2D eigenvalue weighted by Gasteiger charge is -2.26. The average molecular weight is 1330 g/mol. The summed E-state index contributed by atoms with van der Waals surface area (Å²) in [6.07, 6.45) is 101. The molecule has 0 spiro atoms. The molecule has 0 bridgehead atoms. The van der Waals surface area contributed by atoms with Crippen LogP contribution in [0.4, 0.5) is 0 Å². The average Bonchev–Trinajstić information content (AvgIpc) is 3.75. The van der Waals surface area contributed by atoms with E-state index in [1.807, 2.05) is 21.1 Å². The number of aliphatic carboxylic acids is 1. The van der Waals surface area contributed by atoms with Crippen molar-refractivity contribution in [1.29, 1.82) is 0 Å². The van der Waals surface area contributed by atoms with Gasteiger partial charge in [0.25, 0.3) is 0 Å². The predicted octanol–water partition coefficient (Wildman–Crippen LogP) is 24.8. The first-order chi connectivity index (χ1) is 46.6. The fourth-order valence-electron chi connectivity index (χ4n) is 12.0. The van der Waals surface area contributed by atoms with Gasteiger partial charge in [-0.25, -0.2) is 0 Å². The molecule has 552 valence electrons. The van der Waals surface area contributed by atoms with E-state index in [2.05, 4.69) is 98.9 Å². The number of quaternary nitrogens is 1. The number of allylic oxidation sites excluding steroid dienone is 14. The van der Waals surface area contributed by atoms with E-state index in [0.29, 0.717) is 23.9 Å². The van der Waals surface area contributed by atoms with Gasteiger partial charge in [0.1, 0.15) is 13.2 Å². The van der Waals surface area contributed by atoms with Gasteiger partial charge in [-0.1, -0.05) is 369 Å². The Balaban J connectivity index is 3.99. The Hall–Kier alpha value is -3.53. The third-order valence-electron chi connectivity index (χ3n) is 18.1. The summed E-state index contributed by atoms with van der Waals surface area (Å²) >= 11 is 0. The van der Waals surface area contributed by atoms with E-state index in [9.17, 15) is 19.5 Å². The summed E-state index contributed by atoms with van der Waals surface area (Å²) in [5, 5.41) is 11.9. The van der Waals surface area contributed by atoms with Crippen molar-refractivity contribution in [2.24, 2.45) is 0 Å². The first kappa shape index (κ1) is 91.5. The molecule has 0 aromatic heterocycles. The number of carbonyl (C=O) groups is 3. The van der Waals surface area contributed by atoms with E-state index in [4.69, 9.17) is 18.9 Å². The molecule has 0 rings (SSSR count). The summed E-state index contributed by atoms with van der Waals surface area (Å²) in [5.74, 6) is -2.26. The molecule has 0 aliphatic heterocycles. The van der Waals surface area contributed by atoms with Gasteiger partial charge >= 0.3 is 11.9 Å². The molecule has 0 heterocycles. The van der Waals surface area contributed by atoms with Gasteiger partial charge in [-0.2, -0.15) is 0 Å².